The van der Waals surface area contributed by atoms with Crippen molar-refractivity contribution in [2.24, 2.45) is 5.41 Å². The van der Waals surface area contributed by atoms with Gasteiger partial charge in [0.2, 0.25) is 5.43 Å². The highest BCUT2D eigenvalue weighted by molar-refractivity contribution is 9.10. The first-order chi connectivity index (χ1) is 9.90. The molecule has 0 unspecified atom stereocenters. The summed E-state index contributed by atoms with van der Waals surface area (Å²) in [6.07, 6.45) is 3.56. The van der Waals surface area contributed by atoms with Crippen LogP contribution in [0.3, 0.4) is 0 Å². The van der Waals surface area contributed by atoms with Gasteiger partial charge in [0.05, 0.1) is 11.6 Å². The predicted octanol–water partition coefficient (Wildman–Crippen LogP) is 1.92. The molecule has 0 aliphatic carbocycles. The summed E-state index contributed by atoms with van der Waals surface area (Å²) in [5.41, 5.74) is -0.288. The van der Waals surface area contributed by atoms with Crippen LogP contribution >= 0.6 is 15.9 Å². The van der Waals surface area contributed by atoms with E-state index in [0.717, 1.165) is 19.4 Å². The van der Waals surface area contributed by atoms with E-state index in [1.807, 2.05) is 11.5 Å². The van der Waals surface area contributed by atoms with E-state index in [-0.39, 0.29) is 23.0 Å². The van der Waals surface area contributed by atoms with E-state index in [4.69, 9.17) is 4.74 Å². The first-order valence-corrected chi connectivity index (χ1v) is 7.91. The van der Waals surface area contributed by atoms with Crippen molar-refractivity contribution in [3.05, 3.63) is 26.6 Å². The molecule has 0 spiro atoms. The van der Waals surface area contributed by atoms with Gasteiger partial charge in [-0.25, -0.2) is 0 Å². The van der Waals surface area contributed by atoms with Crippen LogP contribution in [0.15, 0.2) is 15.5 Å². The summed E-state index contributed by atoms with van der Waals surface area (Å²) in [7, 11) is 3.51. The standard InChI is InChI=1S/C15H19BrN2O3/c1-15-5-4-6-17(2)10(15)8-18-7-9(16)12(19)13(21-3)11(18)14(15)20/h7,10H,4-6,8H2,1-3H3/t10-,15-/m0/s1. The molecule has 0 saturated carbocycles. The van der Waals surface area contributed by atoms with Crippen molar-refractivity contribution >= 4 is 21.7 Å². The van der Waals surface area contributed by atoms with Crippen LogP contribution < -0.4 is 10.2 Å². The quantitative estimate of drug-likeness (QED) is 0.772. The van der Waals surface area contributed by atoms with E-state index in [2.05, 4.69) is 27.9 Å². The van der Waals surface area contributed by atoms with Crippen molar-refractivity contribution in [3.8, 4) is 5.75 Å². The maximum absolute atomic E-state index is 13.1. The third-order valence-electron chi connectivity index (χ3n) is 4.98. The predicted molar refractivity (Wildman–Crippen MR) is 83.0 cm³/mol. The molecule has 5 nitrogen and oxygen atoms in total. The van der Waals surface area contributed by atoms with Crippen molar-refractivity contribution in [3.63, 3.8) is 0 Å². The topological polar surface area (TPSA) is 51.5 Å². The highest BCUT2D eigenvalue weighted by atomic mass is 79.9. The molecule has 1 saturated heterocycles. The van der Waals surface area contributed by atoms with Crippen LogP contribution in [-0.4, -0.2) is 42.0 Å². The summed E-state index contributed by atoms with van der Waals surface area (Å²) in [6.45, 7) is 3.72. The molecule has 0 bridgehead atoms. The Morgan fingerprint density at radius 3 is 2.81 bits per heavy atom. The number of methoxy groups -OCH3 is 1. The Balaban J connectivity index is 2.24. The van der Waals surface area contributed by atoms with Gasteiger partial charge in [-0.1, -0.05) is 6.92 Å². The fourth-order valence-electron chi connectivity index (χ4n) is 3.74. The summed E-state index contributed by atoms with van der Waals surface area (Å²) in [5.74, 6) is 0.175. The number of ether oxygens (including phenoxy) is 1. The molecule has 3 rings (SSSR count). The number of fused-ring (bicyclic) bond motifs is 2. The molecule has 2 aliphatic heterocycles. The lowest BCUT2D eigenvalue weighted by Gasteiger charge is -2.49. The Labute approximate surface area is 132 Å². The summed E-state index contributed by atoms with van der Waals surface area (Å²) < 4.78 is 7.54. The van der Waals surface area contributed by atoms with Gasteiger partial charge in [0.1, 0.15) is 5.69 Å². The van der Waals surface area contributed by atoms with E-state index in [0.29, 0.717) is 16.7 Å². The van der Waals surface area contributed by atoms with Crippen LogP contribution in [0.25, 0.3) is 0 Å². The van der Waals surface area contributed by atoms with Gasteiger partial charge >= 0.3 is 0 Å². The number of nitrogens with zero attached hydrogens (tertiary/aromatic N) is 2. The molecule has 0 N–H and O–H groups in total. The number of hydrogen-bond donors (Lipinski definition) is 0. The van der Waals surface area contributed by atoms with Crippen molar-refractivity contribution in [2.75, 3.05) is 20.7 Å². The van der Waals surface area contributed by atoms with Crippen molar-refractivity contribution in [1.29, 1.82) is 0 Å². The first-order valence-electron chi connectivity index (χ1n) is 7.12. The van der Waals surface area contributed by atoms with Gasteiger partial charge in [-0.3, -0.25) is 9.59 Å². The maximum Gasteiger partial charge on any atom is 0.238 e. The number of pyridine rings is 1. The Morgan fingerprint density at radius 1 is 1.43 bits per heavy atom. The minimum absolute atomic E-state index is 0.0201. The second kappa shape index (κ2) is 4.95. The zero-order valence-corrected chi connectivity index (χ0v) is 14.1. The molecule has 21 heavy (non-hydrogen) atoms. The molecule has 2 aliphatic rings. The molecule has 1 aromatic rings. The van der Waals surface area contributed by atoms with Gasteiger partial charge in [0, 0.05) is 24.2 Å². The largest absolute Gasteiger partial charge is 0.491 e. The van der Waals surface area contributed by atoms with Crippen LogP contribution in [0, 0.1) is 5.41 Å². The molecule has 114 valence electrons. The zero-order valence-electron chi connectivity index (χ0n) is 12.5. The lowest BCUT2D eigenvalue weighted by Crippen LogP contribution is -2.58. The molecular formula is C15H19BrN2O3. The molecule has 0 aromatic carbocycles. The minimum atomic E-state index is -0.444. The molecule has 2 atom stereocenters. The number of rotatable bonds is 1. The number of hydrogen-bond acceptors (Lipinski definition) is 4. The fourth-order valence-corrected chi connectivity index (χ4v) is 4.17. The van der Waals surface area contributed by atoms with E-state index >= 15 is 0 Å². The Kier molecular flexibility index (Phi) is 3.48. The molecule has 1 aromatic heterocycles. The van der Waals surface area contributed by atoms with Crippen molar-refractivity contribution in [1.82, 2.24) is 9.47 Å². The lowest BCUT2D eigenvalue weighted by atomic mass is 9.68. The third-order valence-corrected chi connectivity index (χ3v) is 5.54. The average Bonchev–Trinajstić information content (AvgIpc) is 2.44. The molecule has 6 heteroatoms. The number of likely N-dealkylation sites (N-methyl/N-ethyl adjacent to an activating group) is 1. The van der Waals surface area contributed by atoms with Crippen molar-refractivity contribution < 1.29 is 9.53 Å². The molecule has 3 heterocycles. The van der Waals surface area contributed by atoms with Crippen LogP contribution in [0.2, 0.25) is 0 Å². The van der Waals surface area contributed by atoms with Gasteiger partial charge in [0.25, 0.3) is 0 Å². The number of carbonyl (C=O) groups is 1. The number of aromatic nitrogens is 1. The Morgan fingerprint density at radius 2 is 2.14 bits per heavy atom. The van der Waals surface area contributed by atoms with E-state index in [1.54, 1.807) is 6.20 Å². The Hall–Kier alpha value is -1.14. The minimum Gasteiger partial charge on any atom is -0.491 e. The van der Waals surface area contributed by atoms with Gasteiger partial charge in [-0.15, -0.1) is 0 Å². The number of piperidine rings is 1. The third kappa shape index (κ3) is 1.99. The van der Waals surface area contributed by atoms with Gasteiger partial charge in [-0.05, 0) is 42.4 Å². The summed E-state index contributed by atoms with van der Waals surface area (Å²) in [4.78, 5) is 27.5. The van der Waals surface area contributed by atoms with Crippen molar-refractivity contribution in [2.45, 2.75) is 32.4 Å². The highest BCUT2D eigenvalue weighted by Gasteiger charge is 2.50. The van der Waals surface area contributed by atoms with Crippen LogP contribution in [-0.2, 0) is 6.54 Å². The number of ketones is 1. The summed E-state index contributed by atoms with van der Waals surface area (Å²) in [5, 5.41) is 0. The SMILES string of the molecule is COc1c2n(cc(Br)c1=O)C[C@@H]1N(C)CCC[C@]1(C)C2=O. The monoisotopic (exact) mass is 354 g/mol. The van der Waals surface area contributed by atoms with E-state index < -0.39 is 5.41 Å². The zero-order chi connectivity index (χ0) is 15.4. The molecule has 1 fully saturated rings. The van der Waals surface area contributed by atoms with Crippen LogP contribution in [0.4, 0.5) is 0 Å². The second-order valence-corrected chi connectivity index (χ2v) is 7.04. The van der Waals surface area contributed by atoms with Gasteiger partial charge < -0.3 is 14.2 Å². The van der Waals surface area contributed by atoms with E-state index in [9.17, 15) is 9.59 Å². The van der Waals surface area contributed by atoms with Crippen LogP contribution in [0.5, 0.6) is 5.75 Å². The summed E-state index contributed by atoms with van der Waals surface area (Å²) in [6, 6.07) is 0.158. The van der Waals surface area contributed by atoms with Gasteiger partial charge in [0.15, 0.2) is 11.5 Å². The smallest absolute Gasteiger partial charge is 0.238 e. The fraction of sp³-hybridized carbons (Fsp3) is 0.600. The average molecular weight is 355 g/mol. The van der Waals surface area contributed by atoms with Gasteiger partial charge in [-0.2, -0.15) is 0 Å². The number of carbonyl (C=O) groups excluding carboxylic acids is 1. The normalized spacial score (nSPS) is 29.0. The molecular weight excluding hydrogens is 336 g/mol. The highest BCUT2D eigenvalue weighted by Crippen LogP contribution is 2.43. The maximum atomic E-state index is 13.1. The molecule has 0 amide bonds. The van der Waals surface area contributed by atoms with E-state index in [1.165, 1.54) is 7.11 Å². The molecule has 0 radical (unpaired) electrons. The summed E-state index contributed by atoms with van der Waals surface area (Å²) >= 11 is 3.26. The number of likely N-dealkylation sites (tertiary alicyclic amines) is 1. The second-order valence-electron chi connectivity index (χ2n) is 6.19. The van der Waals surface area contributed by atoms with Crippen LogP contribution in [0.1, 0.15) is 30.3 Å². The lowest BCUT2D eigenvalue weighted by molar-refractivity contribution is 0.0188. The first kappa shape index (κ1) is 14.8. The number of Topliss-reactive ketones (excluding diaryl/α,β-unsaturated/α-hetero) is 1. The number of halogens is 1. The Bertz CT molecular complexity index is 670.